The summed E-state index contributed by atoms with van der Waals surface area (Å²) in [5.41, 5.74) is 9.35. The molecule has 4 nitrogen and oxygen atoms in total. The van der Waals surface area contributed by atoms with Gasteiger partial charge in [-0.3, -0.25) is 0 Å². The van der Waals surface area contributed by atoms with Gasteiger partial charge in [-0.2, -0.15) is 0 Å². The SMILES string of the molecule is c1ccc(-c2nc3cc4oc5ccccc5c4c(-c4ccc(N(c5ccc6c(c5)sc5ccccc56)c5ccc6sc7ccccc7c6c5)cc4)c3o2)cc1. The van der Waals surface area contributed by atoms with Crippen LogP contribution in [0.2, 0.25) is 0 Å². The van der Waals surface area contributed by atoms with Crippen LogP contribution in [0.15, 0.2) is 179 Å². The lowest BCUT2D eigenvalue weighted by Gasteiger charge is -2.26. The molecule has 12 aromatic rings. The number of hydrogen-bond donors (Lipinski definition) is 0. The highest BCUT2D eigenvalue weighted by atomic mass is 32.1. The van der Waals surface area contributed by atoms with Crippen molar-refractivity contribution in [1.29, 1.82) is 0 Å². The molecule has 4 aromatic heterocycles. The number of thiophene rings is 2. The Labute approximate surface area is 322 Å². The van der Waals surface area contributed by atoms with E-state index in [1.54, 1.807) is 0 Å². The molecule has 0 N–H and O–H groups in total. The molecule has 0 atom stereocenters. The summed E-state index contributed by atoms with van der Waals surface area (Å²) < 4.78 is 18.2. The average molecular weight is 741 g/mol. The normalized spacial score (nSPS) is 12.0. The Morgan fingerprint density at radius 2 is 1.04 bits per heavy atom. The fourth-order valence-corrected chi connectivity index (χ4v) is 10.4. The van der Waals surface area contributed by atoms with Crippen LogP contribution in [0, 0.1) is 0 Å². The lowest BCUT2D eigenvalue weighted by atomic mass is 9.97. The largest absolute Gasteiger partial charge is 0.456 e. The van der Waals surface area contributed by atoms with E-state index in [4.69, 9.17) is 13.8 Å². The predicted molar refractivity (Wildman–Crippen MR) is 233 cm³/mol. The number of para-hydroxylation sites is 1. The van der Waals surface area contributed by atoms with Crippen LogP contribution in [0.25, 0.3) is 96.0 Å². The molecule has 258 valence electrons. The first-order chi connectivity index (χ1) is 27.2. The molecule has 0 aliphatic carbocycles. The zero-order valence-electron chi connectivity index (χ0n) is 29.2. The fourth-order valence-electron chi connectivity index (χ4n) is 8.18. The standard InChI is InChI=1S/C49H28N2O2S2/c1-2-10-30(11-3-1)49-50-39-28-41-47(37-14-4-7-15-40(37)52-41)46(48(39)53-49)29-18-20-31(21-19-29)51(32-23-25-44-38(26-32)35-13-6-9-17-43(35)54-44)33-22-24-36-34-12-5-8-16-42(34)55-45(36)27-33/h1-28H. The zero-order chi connectivity index (χ0) is 36.0. The van der Waals surface area contributed by atoms with Gasteiger partial charge in [0.2, 0.25) is 5.89 Å². The van der Waals surface area contributed by atoms with Gasteiger partial charge in [-0.1, -0.05) is 91.0 Å². The molecular formula is C49H28N2O2S2. The number of rotatable bonds is 5. The van der Waals surface area contributed by atoms with Gasteiger partial charge in [0, 0.05) is 85.4 Å². The maximum atomic E-state index is 6.66. The van der Waals surface area contributed by atoms with Crippen molar-refractivity contribution in [2.45, 2.75) is 0 Å². The second kappa shape index (κ2) is 11.9. The highest BCUT2D eigenvalue weighted by molar-refractivity contribution is 7.26. The molecule has 0 aliphatic heterocycles. The summed E-state index contributed by atoms with van der Waals surface area (Å²) in [5, 5.41) is 7.20. The number of nitrogens with zero attached hydrogens (tertiary/aromatic N) is 2. The predicted octanol–water partition coefficient (Wildman–Crippen LogP) is 15.3. The minimum absolute atomic E-state index is 0.588. The molecule has 0 amide bonds. The van der Waals surface area contributed by atoms with Crippen LogP contribution in [-0.2, 0) is 0 Å². The first-order valence-corrected chi connectivity index (χ1v) is 19.9. The molecule has 0 unspecified atom stereocenters. The minimum Gasteiger partial charge on any atom is -0.456 e. The quantitative estimate of drug-likeness (QED) is 0.176. The van der Waals surface area contributed by atoms with E-state index >= 15 is 0 Å². The smallest absolute Gasteiger partial charge is 0.227 e. The van der Waals surface area contributed by atoms with Gasteiger partial charge in [0.25, 0.3) is 0 Å². The van der Waals surface area contributed by atoms with E-state index in [2.05, 4.69) is 126 Å². The molecule has 12 rings (SSSR count). The van der Waals surface area contributed by atoms with Crippen LogP contribution in [0.5, 0.6) is 0 Å². The number of fused-ring (bicyclic) bond motifs is 10. The molecule has 0 aliphatic rings. The van der Waals surface area contributed by atoms with Crippen molar-refractivity contribution in [2.75, 3.05) is 4.90 Å². The molecule has 0 radical (unpaired) electrons. The van der Waals surface area contributed by atoms with E-state index in [-0.39, 0.29) is 0 Å². The number of furan rings is 1. The second-order valence-corrected chi connectivity index (χ2v) is 16.1. The number of oxazole rings is 1. The van der Waals surface area contributed by atoms with Crippen LogP contribution in [0.1, 0.15) is 0 Å². The summed E-state index contributed by atoms with van der Waals surface area (Å²) in [7, 11) is 0. The topological polar surface area (TPSA) is 42.4 Å². The Morgan fingerprint density at radius 1 is 0.418 bits per heavy atom. The van der Waals surface area contributed by atoms with Crippen molar-refractivity contribution in [2.24, 2.45) is 0 Å². The Morgan fingerprint density at radius 3 is 1.85 bits per heavy atom. The van der Waals surface area contributed by atoms with Crippen molar-refractivity contribution < 1.29 is 8.83 Å². The zero-order valence-corrected chi connectivity index (χ0v) is 30.8. The minimum atomic E-state index is 0.588. The van der Waals surface area contributed by atoms with Crippen LogP contribution >= 0.6 is 22.7 Å². The number of hydrogen-bond acceptors (Lipinski definition) is 6. The summed E-state index contributed by atoms with van der Waals surface area (Å²) in [4.78, 5) is 7.34. The molecule has 0 saturated carbocycles. The highest BCUT2D eigenvalue weighted by Crippen LogP contribution is 2.46. The molecule has 4 heterocycles. The molecule has 55 heavy (non-hydrogen) atoms. The number of benzene rings is 8. The van der Waals surface area contributed by atoms with E-state index in [0.29, 0.717) is 5.89 Å². The lowest BCUT2D eigenvalue weighted by molar-refractivity contribution is 0.621. The van der Waals surface area contributed by atoms with Crippen molar-refractivity contribution in [3.63, 3.8) is 0 Å². The van der Waals surface area contributed by atoms with Gasteiger partial charge >= 0.3 is 0 Å². The van der Waals surface area contributed by atoms with Gasteiger partial charge in [0.15, 0.2) is 5.58 Å². The lowest BCUT2D eigenvalue weighted by Crippen LogP contribution is -2.09. The Balaban J connectivity index is 1.06. The maximum absolute atomic E-state index is 6.66. The molecule has 0 fully saturated rings. The third-order valence-electron chi connectivity index (χ3n) is 10.7. The molecule has 0 bridgehead atoms. The van der Waals surface area contributed by atoms with Gasteiger partial charge < -0.3 is 13.7 Å². The van der Waals surface area contributed by atoms with Crippen molar-refractivity contribution >= 4 is 113 Å². The van der Waals surface area contributed by atoms with Crippen molar-refractivity contribution in [3.8, 4) is 22.6 Å². The monoisotopic (exact) mass is 740 g/mol. The van der Waals surface area contributed by atoms with Gasteiger partial charge in [-0.15, -0.1) is 22.7 Å². The second-order valence-electron chi connectivity index (χ2n) is 13.9. The fraction of sp³-hybridized carbons (Fsp3) is 0. The molecule has 0 saturated heterocycles. The first kappa shape index (κ1) is 30.7. The van der Waals surface area contributed by atoms with Gasteiger partial charge in [-0.25, -0.2) is 4.98 Å². The van der Waals surface area contributed by atoms with E-state index < -0.39 is 0 Å². The Bertz CT molecular complexity index is 3440. The summed E-state index contributed by atoms with van der Waals surface area (Å²) in [6, 6.07) is 60.3. The Hall–Kier alpha value is -6.73. The van der Waals surface area contributed by atoms with Crippen LogP contribution in [-0.4, -0.2) is 4.98 Å². The average Bonchev–Trinajstić information content (AvgIpc) is 4.02. The summed E-state index contributed by atoms with van der Waals surface area (Å²) in [6.07, 6.45) is 0. The maximum Gasteiger partial charge on any atom is 0.227 e. The van der Waals surface area contributed by atoms with Gasteiger partial charge in [0.05, 0.1) is 0 Å². The number of aromatic nitrogens is 1. The molecule has 8 aromatic carbocycles. The first-order valence-electron chi connectivity index (χ1n) is 18.3. The molecular weight excluding hydrogens is 713 g/mol. The third-order valence-corrected chi connectivity index (χ3v) is 13.0. The summed E-state index contributed by atoms with van der Waals surface area (Å²) in [6.45, 7) is 0. The van der Waals surface area contributed by atoms with E-state index in [1.807, 2.05) is 71.2 Å². The molecule has 6 heteroatoms. The summed E-state index contributed by atoms with van der Waals surface area (Å²) in [5.74, 6) is 0.588. The Kier molecular flexibility index (Phi) is 6.64. The summed E-state index contributed by atoms with van der Waals surface area (Å²) >= 11 is 3.69. The van der Waals surface area contributed by atoms with E-state index in [0.717, 1.165) is 66.8 Å². The van der Waals surface area contributed by atoms with Crippen LogP contribution < -0.4 is 4.90 Å². The third kappa shape index (κ3) is 4.79. The van der Waals surface area contributed by atoms with E-state index in [1.165, 1.54) is 40.3 Å². The van der Waals surface area contributed by atoms with Crippen LogP contribution in [0.3, 0.4) is 0 Å². The van der Waals surface area contributed by atoms with Crippen molar-refractivity contribution in [1.82, 2.24) is 4.98 Å². The van der Waals surface area contributed by atoms with Gasteiger partial charge in [0.1, 0.15) is 16.7 Å². The number of anilines is 3. The van der Waals surface area contributed by atoms with E-state index in [9.17, 15) is 0 Å². The van der Waals surface area contributed by atoms with Gasteiger partial charge in [-0.05, 0) is 78.4 Å². The van der Waals surface area contributed by atoms with Crippen LogP contribution in [0.4, 0.5) is 17.1 Å². The highest BCUT2D eigenvalue weighted by Gasteiger charge is 2.23. The van der Waals surface area contributed by atoms with Crippen molar-refractivity contribution in [3.05, 3.63) is 170 Å². The molecule has 0 spiro atoms.